The van der Waals surface area contributed by atoms with Crippen molar-refractivity contribution in [3.63, 3.8) is 0 Å². The van der Waals surface area contributed by atoms with Crippen molar-refractivity contribution in [1.82, 2.24) is 5.32 Å². The molecule has 0 rings (SSSR count). The topological polar surface area (TPSA) is 64.6 Å². The summed E-state index contributed by atoms with van der Waals surface area (Å²) in [7, 11) is 1.77. The highest BCUT2D eigenvalue weighted by atomic mass is 16.7. The molecule has 0 atom stereocenters. The van der Waals surface area contributed by atoms with Crippen LogP contribution in [0.15, 0.2) is 0 Å². The molecule has 0 spiro atoms. The lowest BCUT2D eigenvalue weighted by Gasteiger charge is -2.18. The molecule has 0 saturated carbocycles. The second kappa shape index (κ2) is 32.4. The lowest BCUT2D eigenvalue weighted by Crippen LogP contribution is -2.33. The first kappa shape index (κ1) is 38.9. The fraction of sp³-hybridized carbons (Fsp3) is 0.943. The zero-order chi connectivity index (χ0) is 29.4. The normalized spacial score (nSPS) is 11.3. The number of esters is 2. The average molecular weight is 568 g/mol. The zero-order valence-corrected chi connectivity index (χ0v) is 27.2. The number of nitrogens with one attached hydrogen (secondary N) is 1. The molecule has 0 heterocycles. The summed E-state index contributed by atoms with van der Waals surface area (Å²) < 4.78 is 10.9. The number of hydrogen-bond donors (Lipinski definition) is 1. The van der Waals surface area contributed by atoms with Crippen LogP contribution in [0.4, 0.5) is 0 Å². The molecule has 5 nitrogen and oxygen atoms in total. The fourth-order valence-corrected chi connectivity index (χ4v) is 5.26. The van der Waals surface area contributed by atoms with E-state index in [0.717, 1.165) is 25.7 Å². The summed E-state index contributed by atoms with van der Waals surface area (Å²) in [6, 6.07) is 0. The molecular weight excluding hydrogens is 498 g/mol. The van der Waals surface area contributed by atoms with Crippen LogP contribution >= 0.6 is 0 Å². The molecule has 0 saturated heterocycles. The van der Waals surface area contributed by atoms with Gasteiger partial charge < -0.3 is 14.8 Å². The third-order valence-electron chi connectivity index (χ3n) is 7.87. The maximum absolute atomic E-state index is 12.3. The third kappa shape index (κ3) is 29.9. The Morgan fingerprint density at radius 2 is 0.700 bits per heavy atom. The van der Waals surface area contributed by atoms with Crippen LogP contribution in [0, 0.1) is 0 Å². The summed E-state index contributed by atoms with van der Waals surface area (Å²) in [4.78, 5) is 24.5. The van der Waals surface area contributed by atoms with Crippen molar-refractivity contribution in [2.24, 2.45) is 0 Å². The van der Waals surface area contributed by atoms with Crippen LogP contribution in [0.3, 0.4) is 0 Å². The van der Waals surface area contributed by atoms with E-state index in [2.05, 4.69) is 19.2 Å². The van der Waals surface area contributed by atoms with E-state index in [-0.39, 0.29) is 11.9 Å². The van der Waals surface area contributed by atoms with Crippen molar-refractivity contribution < 1.29 is 19.1 Å². The molecule has 0 radical (unpaired) electrons. The summed E-state index contributed by atoms with van der Waals surface area (Å²) in [5.74, 6) is -0.533. The summed E-state index contributed by atoms with van der Waals surface area (Å²) in [6.07, 6.45) is 33.2. The third-order valence-corrected chi connectivity index (χ3v) is 7.87. The molecule has 40 heavy (non-hydrogen) atoms. The van der Waals surface area contributed by atoms with Crippen molar-refractivity contribution in [3.8, 4) is 0 Å². The van der Waals surface area contributed by atoms with E-state index < -0.39 is 6.29 Å². The molecule has 0 aromatic rings. The highest BCUT2D eigenvalue weighted by molar-refractivity contribution is 5.71. The first-order valence-electron chi connectivity index (χ1n) is 17.7. The molecule has 0 aliphatic carbocycles. The maximum atomic E-state index is 12.3. The Bertz CT molecular complexity index is 495. The van der Waals surface area contributed by atoms with Crippen molar-refractivity contribution >= 4 is 11.9 Å². The number of rotatable bonds is 32. The Labute approximate surface area is 249 Å². The van der Waals surface area contributed by atoms with E-state index in [1.165, 1.54) is 141 Å². The van der Waals surface area contributed by atoms with Crippen molar-refractivity contribution in [2.75, 3.05) is 13.6 Å². The largest absolute Gasteiger partial charge is 0.424 e. The van der Waals surface area contributed by atoms with Gasteiger partial charge in [0.25, 0.3) is 6.29 Å². The SMILES string of the molecule is CCCCCCCCCCCCCCCC(=O)OC(CNC)OC(=O)CCCCCCCCCCCCCCC. The first-order valence-corrected chi connectivity index (χ1v) is 17.7. The van der Waals surface area contributed by atoms with E-state index in [4.69, 9.17) is 9.47 Å². The second-order valence-electron chi connectivity index (χ2n) is 12.0. The smallest absolute Gasteiger partial charge is 0.308 e. The Balaban J connectivity index is 3.65. The molecular formula is C35H69NO4. The van der Waals surface area contributed by atoms with Gasteiger partial charge in [-0.3, -0.25) is 9.59 Å². The van der Waals surface area contributed by atoms with Crippen LogP contribution in [-0.2, 0) is 19.1 Å². The molecule has 0 unspecified atom stereocenters. The van der Waals surface area contributed by atoms with Crippen LogP contribution in [0.1, 0.15) is 194 Å². The van der Waals surface area contributed by atoms with E-state index in [9.17, 15) is 9.59 Å². The molecule has 1 N–H and O–H groups in total. The van der Waals surface area contributed by atoms with E-state index in [1.807, 2.05) is 0 Å². The zero-order valence-electron chi connectivity index (χ0n) is 27.2. The second-order valence-corrected chi connectivity index (χ2v) is 12.0. The van der Waals surface area contributed by atoms with Gasteiger partial charge in [-0.2, -0.15) is 0 Å². The average Bonchev–Trinajstić information content (AvgIpc) is 2.94. The van der Waals surface area contributed by atoms with Gasteiger partial charge in [0.1, 0.15) is 0 Å². The maximum Gasteiger partial charge on any atom is 0.308 e. The van der Waals surface area contributed by atoms with Crippen LogP contribution in [0.2, 0.25) is 0 Å². The first-order chi connectivity index (χ1) is 19.6. The molecule has 0 aromatic carbocycles. The fourth-order valence-electron chi connectivity index (χ4n) is 5.26. The van der Waals surface area contributed by atoms with E-state index in [0.29, 0.717) is 19.4 Å². The Kier molecular flexibility index (Phi) is 31.5. The molecule has 0 fully saturated rings. The van der Waals surface area contributed by atoms with Gasteiger partial charge in [-0.05, 0) is 19.9 Å². The van der Waals surface area contributed by atoms with Crippen LogP contribution in [0.25, 0.3) is 0 Å². The highest BCUT2D eigenvalue weighted by Gasteiger charge is 2.18. The summed E-state index contributed by atoms with van der Waals surface area (Å²) in [6.45, 7) is 4.86. The summed E-state index contributed by atoms with van der Waals surface area (Å²) in [5.41, 5.74) is 0. The molecule has 5 heteroatoms. The summed E-state index contributed by atoms with van der Waals surface area (Å²) in [5, 5.41) is 2.96. The molecule has 0 aromatic heterocycles. The minimum Gasteiger partial charge on any atom is -0.424 e. The predicted octanol–water partition coefficient (Wildman–Crippen LogP) is 10.6. The number of likely N-dealkylation sites (N-methyl/N-ethyl adjacent to an activating group) is 1. The van der Waals surface area contributed by atoms with Gasteiger partial charge in [0.15, 0.2) is 0 Å². The van der Waals surface area contributed by atoms with Gasteiger partial charge in [-0.25, -0.2) is 0 Å². The number of carbonyl (C=O) groups excluding carboxylic acids is 2. The molecule has 0 bridgehead atoms. The van der Waals surface area contributed by atoms with Gasteiger partial charge in [-0.1, -0.05) is 168 Å². The minimum absolute atomic E-state index is 0.267. The minimum atomic E-state index is -0.825. The number of ether oxygens (including phenoxy) is 2. The van der Waals surface area contributed by atoms with Crippen molar-refractivity contribution in [2.45, 2.75) is 200 Å². The number of unbranched alkanes of at least 4 members (excludes halogenated alkanes) is 24. The van der Waals surface area contributed by atoms with Gasteiger partial charge >= 0.3 is 11.9 Å². The van der Waals surface area contributed by atoms with Gasteiger partial charge in [-0.15, -0.1) is 0 Å². The monoisotopic (exact) mass is 568 g/mol. The van der Waals surface area contributed by atoms with E-state index >= 15 is 0 Å². The van der Waals surface area contributed by atoms with Gasteiger partial charge in [0.05, 0.1) is 6.54 Å². The summed E-state index contributed by atoms with van der Waals surface area (Å²) >= 11 is 0. The molecule has 0 amide bonds. The Hall–Kier alpha value is -1.10. The van der Waals surface area contributed by atoms with Crippen LogP contribution in [0.5, 0.6) is 0 Å². The van der Waals surface area contributed by atoms with Gasteiger partial charge in [0.2, 0.25) is 0 Å². The van der Waals surface area contributed by atoms with E-state index in [1.54, 1.807) is 7.05 Å². The lowest BCUT2D eigenvalue weighted by molar-refractivity contribution is -0.187. The highest BCUT2D eigenvalue weighted by Crippen LogP contribution is 2.15. The van der Waals surface area contributed by atoms with Gasteiger partial charge in [0, 0.05) is 12.8 Å². The Morgan fingerprint density at radius 3 is 0.950 bits per heavy atom. The molecule has 0 aliphatic rings. The van der Waals surface area contributed by atoms with Crippen molar-refractivity contribution in [1.29, 1.82) is 0 Å². The van der Waals surface area contributed by atoms with Crippen LogP contribution < -0.4 is 5.32 Å². The molecule has 238 valence electrons. The quantitative estimate of drug-likeness (QED) is 0.0497. The predicted molar refractivity (Wildman–Crippen MR) is 171 cm³/mol. The van der Waals surface area contributed by atoms with Crippen molar-refractivity contribution in [3.05, 3.63) is 0 Å². The molecule has 0 aliphatic heterocycles. The number of carbonyl (C=O) groups is 2. The standard InChI is InChI=1S/C35H69NO4/c1-4-6-8-10-12-14-16-18-20-22-24-26-28-30-33(37)39-35(32-36-3)40-34(38)31-29-27-25-23-21-19-17-15-13-11-9-7-5-2/h35-36H,4-32H2,1-3H3. The lowest BCUT2D eigenvalue weighted by atomic mass is 10.0. The number of hydrogen-bond acceptors (Lipinski definition) is 5. The van der Waals surface area contributed by atoms with Crippen LogP contribution in [-0.4, -0.2) is 31.8 Å². The Morgan fingerprint density at radius 1 is 0.450 bits per heavy atom.